The van der Waals surface area contributed by atoms with E-state index in [-0.39, 0.29) is 11.7 Å². The van der Waals surface area contributed by atoms with E-state index >= 15 is 0 Å². The highest BCUT2D eigenvalue weighted by atomic mass is 16.5. The van der Waals surface area contributed by atoms with Gasteiger partial charge in [0.2, 0.25) is 5.95 Å². The lowest BCUT2D eigenvalue weighted by atomic mass is 9.93. The Morgan fingerprint density at radius 2 is 1.86 bits per heavy atom. The minimum absolute atomic E-state index is 0.0267. The van der Waals surface area contributed by atoms with Crippen LogP contribution in [0.15, 0.2) is 54.9 Å². The lowest BCUT2D eigenvalue weighted by Gasteiger charge is -2.26. The molecule has 0 fully saturated rings. The summed E-state index contributed by atoms with van der Waals surface area (Å²) < 4.78 is 7.26. The Labute approximate surface area is 204 Å². The fourth-order valence-electron chi connectivity index (χ4n) is 3.55. The highest BCUT2D eigenvalue weighted by Gasteiger charge is 2.23. The number of methoxy groups -OCH3 is 1. The summed E-state index contributed by atoms with van der Waals surface area (Å²) in [6, 6.07) is 15.2. The average Bonchev–Trinajstić information content (AvgIpc) is 3.24. The Bertz CT molecular complexity index is 1280. The number of phenols is 1. The molecular formula is C26H32N6O3. The summed E-state index contributed by atoms with van der Waals surface area (Å²) in [5.74, 6) is 1.77. The van der Waals surface area contributed by atoms with Crippen molar-refractivity contribution < 1.29 is 14.9 Å². The number of nitrogens with zero attached hydrogens (tertiary/aromatic N) is 4. The highest BCUT2D eigenvalue weighted by molar-refractivity contribution is 5.84. The molecule has 35 heavy (non-hydrogen) atoms. The van der Waals surface area contributed by atoms with Gasteiger partial charge in [-0.25, -0.2) is 4.98 Å². The first kappa shape index (κ1) is 24.3. The molecule has 0 amide bonds. The molecule has 0 aliphatic carbocycles. The van der Waals surface area contributed by atoms with Crippen molar-refractivity contribution in [3.8, 4) is 11.5 Å². The number of hydrogen-bond acceptors (Lipinski definition) is 8. The van der Waals surface area contributed by atoms with E-state index in [1.807, 2.05) is 29.7 Å². The number of aromatic hydroxyl groups is 1. The average molecular weight is 477 g/mol. The van der Waals surface area contributed by atoms with Crippen molar-refractivity contribution in [3.63, 3.8) is 0 Å². The normalized spacial score (nSPS) is 12.5. The van der Waals surface area contributed by atoms with Crippen LogP contribution in [0.1, 0.15) is 31.9 Å². The third kappa shape index (κ3) is 5.81. The summed E-state index contributed by atoms with van der Waals surface area (Å²) in [6.45, 7) is 6.97. The SMILES string of the molecule is COc1ccc(O)c(CNc2nc(NCC(C)C(C)(C)O)nc3c2ncn3Cc2ccccc2)c1. The highest BCUT2D eigenvalue weighted by Crippen LogP contribution is 2.26. The van der Waals surface area contributed by atoms with Crippen LogP contribution in [-0.4, -0.2) is 49.0 Å². The van der Waals surface area contributed by atoms with E-state index in [9.17, 15) is 10.2 Å². The Morgan fingerprint density at radius 1 is 1.09 bits per heavy atom. The van der Waals surface area contributed by atoms with Gasteiger partial charge < -0.3 is 30.2 Å². The van der Waals surface area contributed by atoms with Gasteiger partial charge in [-0.1, -0.05) is 37.3 Å². The predicted molar refractivity (Wildman–Crippen MR) is 137 cm³/mol. The zero-order valence-corrected chi connectivity index (χ0v) is 20.5. The second kappa shape index (κ2) is 10.2. The van der Waals surface area contributed by atoms with Crippen molar-refractivity contribution in [3.05, 3.63) is 66.0 Å². The maximum atomic E-state index is 10.3. The number of ether oxygens (including phenoxy) is 1. The molecule has 0 radical (unpaired) electrons. The number of imidazole rings is 1. The van der Waals surface area contributed by atoms with Crippen LogP contribution in [0.4, 0.5) is 11.8 Å². The van der Waals surface area contributed by atoms with Gasteiger partial charge in [-0.3, -0.25) is 0 Å². The number of aliphatic hydroxyl groups is 1. The molecule has 9 heteroatoms. The van der Waals surface area contributed by atoms with Crippen LogP contribution < -0.4 is 15.4 Å². The van der Waals surface area contributed by atoms with Crippen molar-refractivity contribution in [2.75, 3.05) is 24.3 Å². The molecule has 2 aromatic carbocycles. The maximum Gasteiger partial charge on any atom is 0.226 e. The van der Waals surface area contributed by atoms with Gasteiger partial charge in [0.1, 0.15) is 11.5 Å². The molecule has 1 atom stereocenters. The Kier molecular flexibility index (Phi) is 7.07. The molecule has 2 aromatic heterocycles. The number of nitrogens with one attached hydrogen (secondary N) is 2. The van der Waals surface area contributed by atoms with Crippen LogP contribution in [0.3, 0.4) is 0 Å². The summed E-state index contributed by atoms with van der Waals surface area (Å²) in [7, 11) is 1.59. The molecule has 0 saturated heterocycles. The smallest absolute Gasteiger partial charge is 0.226 e. The number of phenolic OH excluding ortho intramolecular Hbond substituents is 1. The number of anilines is 2. The van der Waals surface area contributed by atoms with E-state index in [2.05, 4.69) is 32.7 Å². The summed E-state index contributed by atoms with van der Waals surface area (Å²) in [5, 5.41) is 27.1. The van der Waals surface area contributed by atoms with Gasteiger partial charge in [-0.05, 0) is 37.6 Å². The van der Waals surface area contributed by atoms with Crippen LogP contribution in [0.5, 0.6) is 11.5 Å². The minimum Gasteiger partial charge on any atom is -0.508 e. The molecule has 4 aromatic rings. The fraction of sp³-hybridized carbons (Fsp3) is 0.346. The zero-order chi connectivity index (χ0) is 25.0. The van der Waals surface area contributed by atoms with Crippen molar-refractivity contribution in [1.82, 2.24) is 19.5 Å². The molecule has 9 nitrogen and oxygen atoms in total. The van der Waals surface area contributed by atoms with Gasteiger partial charge >= 0.3 is 0 Å². The zero-order valence-electron chi connectivity index (χ0n) is 20.5. The lowest BCUT2D eigenvalue weighted by Crippen LogP contribution is -2.33. The fourth-order valence-corrected chi connectivity index (χ4v) is 3.55. The third-order valence-electron chi connectivity index (χ3n) is 6.16. The predicted octanol–water partition coefficient (Wildman–Crippen LogP) is 4.02. The monoisotopic (exact) mass is 476 g/mol. The van der Waals surface area contributed by atoms with E-state index in [1.54, 1.807) is 45.5 Å². The van der Waals surface area contributed by atoms with Gasteiger partial charge in [-0.15, -0.1) is 0 Å². The molecule has 2 heterocycles. The van der Waals surface area contributed by atoms with E-state index in [0.29, 0.717) is 53.9 Å². The van der Waals surface area contributed by atoms with Crippen molar-refractivity contribution in [2.24, 2.45) is 5.92 Å². The molecule has 0 aliphatic heterocycles. The summed E-state index contributed by atoms with van der Waals surface area (Å²) in [6.07, 6.45) is 1.75. The number of fused-ring (bicyclic) bond motifs is 1. The molecule has 1 unspecified atom stereocenters. The molecule has 4 N–H and O–H groups in total. The number of rotatable bonds is 10. The quantitative estimate of drug-likeness (QED) is 0.271. The van der Waals surface area contributed by atoms with Gasteiger partial charge in [-0.2, -0.15) is 9.97 Å². The van der Waals surface area contributed by atoms with Crippen molar-refractivity contribution >= 4 is 22.9 Å². The molecule has 0 aliphatic rings. The van der Waals surface area contributed by atoms with Crippen LogP contribution in [0, 0.1) is 5.92 Å². The van der Waals surface area contributed by atoms with Gasteiger partial charge in [0.15, 0.2) is 17.0 Å². The Balaban J connectivity index is 1.66. The summed E-state index contributed by atoms with van der Waals surface area (Å²) >= 11 is 0. The van der Waals surface area contributed by atoms with Crippen LogP contribution in [-0.2, 0) is 13.1 Å². The maximum absolute atomic E-state index is 10.3. The number of hydrogen-bond donors (Lipinski definition) is 4. The first-order valence-corrected chi connectivity index (χ1v) is 11.6. The first-order valence-electron chi connectivity index (χ1n) is 11.6. The van der Waals surface area contributed by atoms with E-state index in [0.717, 1.165) is 5.56 Å². The number of aromatic nitrogens is 4. The largest absolute Gasteiger partial charge is 0.508 e. The molecule has 184 valence electrons. The molecule has 0 bridgehead atoms. The molecular weight excluding hydrogens is 444 g/mol. The van der Waals surface area contributed by atoms with E-state index in [4.69, 9.17) is 9.72 Å². The van der Waals surface area contributed by atoms with Crippen LogP contribution in [0.25, 0.3) is 11.2 Å². The number of benzene rings is 2. The summed E-state index contributed by atoms with van der Waals surface area (Å²) in [4.78, 5) is 14.0. The molecule has 4 rings (SSSR count). The Hall–Kier alpha value is -3.85. The Morgan fingerprint density at radius 3 is 2.57 bits per heavy atom. The summed E-state index contributed by atoms with van der Waals surface area (Å²) in [5.41, 5.74) is 2.28. The van der Waals surface area contributed by atoms with Crippen LogP contribution in [0.2, 0.25) is 0 Å². The van der Waals surface area contributed by atoms with Crippen molar-refractivity contribution in [1.29, 1.82) is 0 Å². The van der Waals surface area contributed by atoms with Crippen LogP contribution >= 0.6 is 0 Å². The minimum atomic E-state index is -0.836. The van der Waals surface area contributed by atoms with E-state index in [1.165, 1.54) is 0 Å². The van der Waals surface area contributed by atoms with Crippen molar-refractivity contribution in [2.45, 2.75) is 39.5 Å². The van der Waals surface area contributed by atoms with Gasteiger partial charge in [0.05, 0.1) is 25.6 Å². The van der Waals surface area contributed by atoms with Gasteiger partial charge in [0, 0.05) is 24.6 Å². The lowest BCUT2D eigenvalue weighted by molar-refractivity contribution is 0.0303. The first-order chi connectivity index (χ1) is 16.7. The van der Waals surface area contributed by atoms with Gasteiger partial charge in [0.25, 0.3) is 0 Å². The second-order valence-electron chi connectivity index (χ2n) is 9.21. The topological polar surface area (TPSA) is 117 Å². The molecule has 0 saturated carbocycles. The van der Waals surface area contributed by atoms with E-state index < -0.39 is 5.60 Å². The third-order valence-corrected chi connectivity index (χ3v) is 6.16. The standard InChI is InChI=1S/C26H32N6O3/c1-17(26(2,3)34)13-28-25-30-23(27-14-19-12-20(35-4)10-11-21(19)33)22-24(31-25)32(16-29-22)15-18-8-6-5-7-9-18/h5-12,16-17,33-34H,13-15H2,1-4H3,(H2,27,28,30,31). The second-order valence-corrected chi connectivity index (χ2v) is 9.21. The molecule has 0 spiro atoms.